The summed E-state index contributed by atoms with van der Waals surface area (Å²) in [5.41, 5.74) is 7.13. The summed E-state index contributed by atoms with van der Waals surface area (Å²) in [5, 5.41) is 0.568. The molecule has 0 radical (unpaired) electrons. The molecule has 0 aromatic heterocycles. The zero-order valence-electron chi connectivity index (χ0n) is 11.6. The molecular weight excluding hydrogens is 417 g/mol. The molecule has 0 aliphatic rings. The Morgan fingerprint density at radius 1 is 1.10 bits per heavy atom. The zero-order valence-corrected chi connectivity index (χ0v) is 15.5. The predicted molar refractivity (Wildman–Crippen MR) is 95.3 cm³/mol. The largest absolute Gasteiger partial charge is 0.456 e. The normalized spacial score (nSPS) is 12.2. The monoisotopic (exact) mass is 431 g/mol. The summed E-state index contributed by atoms with van der Waals surface area (Å²) in [6.45, 7) is 2.08. The Kier molecular flexibility index (Phi) is 6.11. The molecule has 0 fully saturated rings. The third kappa shape index (κ3) is 4.71. The number of benzene rings is 2. The van der Waals surface area contributed by atoms with Gasteiger partial charge in [-0.1, -0.05) is 50.4 Å². The molecule has 0 heterocycles. The van der Waals surface area contributed by atoms with Crippen molar-refractivity contribution in [3.8, 4) is 11.5 Å². The molecule has 1 unspecified atom stereocenters. The van der Waals surface area contributed by atoms with Crippen molar-refractivity contribution in [3.05, 3.63) is 55.9 Å². The second-order valence-electron chi connectivity index (χ2n) is 4.80. The molecule has 5 heteroatoms. The SMILES string of the molecule is CCC(N)Cc1cc(Br)ccc1Oc1ccc(Br)cc1Cl. The fraction of sp³-hybridized carbons (Fsp3) is 0.250. The first-order chi connectivity index (χ1) is 9.99. The van der Waals surface area contributed by atoms with Crippen LogP contribution in [0.3, 0.4) is 0 Å². The first kappa shape index (κ1) is 16.8. The van der Waals surface area contributed by atoms with Crippen molar-refractivity contribution in [1.29, 1.82) is 0 Å². The van der Waals surface area contributed by atoms with Gasteiger partial charge in [0.25, 0.3) is 0 Å². The van der Waals surface area contributed by atoms with Gasteiger partial charge < -0.3 is 10.5 Å². The maximum Gasteiger partial charge on any atom is 0.146 e. The van der Waals surface area contributed by atoms with E-state index in [1.807, 2.05) is 36.4 Å². The van der Waals surface area contributed by atoms with Gasteiger partial charge in [0.15, 0.2) is 0 Å². The molecule has 2 aromatic carbocycles. The van der Waals surface area contributed by atoms with Crippen molar-refractivity contribution in [3.63, 3.8) is 0 Å². The molecule has 0 aliphatic carbocycles. The lowest BCUT2D eigenvalue weighted by atomic mass is 10.0. The van der Waals surface area contributed by atoms with Gasteiger partial charge in [-0.3, -0.25) is 0 Å². The summed E-state index contributed by atoms with van der Waals surface area (Å²) < 4.78 is 7.90. The van der Waals surface area contributed by atoms with E-state index in [1.54, 1.807) is 0 Å². The molecule has 2 aromatic rings. The maximum absolute atomic E-state index is 6.21. The molecule has 0 amide bonds. The summed E-state index contributed by atoms with van der Waals surface area (Å²) >= 11 is 13.1. The fourth-order valence-electron chi connectivity index (χ4n) is 1.91. The Morgan fingerprint density at radius 2 is 1.71 bits per heavy atom. The van der Waals surface area contributed by atoms with Gasteiger partial charge in [0.05, 0.1) is 5.02 Å². The number of hydrogen-bond acceptors (Lipinski definition) is 2. The first-order valence-electron chi connectivity index (χ1n) is 6.66. The van der Waals surface area contributed by atoms with Crippen molar-refractivity contribution >= 4 is 43.5 Å². The second kappa shape index (κ2) is 7.63. The molecule has 0 saturated carbocycles. The van der Waals surface area contributed by atoms with Gasteiger partial charge in [0.2, 0.25) is 0 Å². The van der Waals surface area contributed by atoms with Gasteiger partial charge in [-0.15, -0.1) is 0 Å². The lowest BCUT2D eigenvalue weighted by Crippen LogP contribution is -2.21. The van der Waals surface area contributed by atoms with E-state index in [0.29, 0.717) is 10.8 Å². The Hall–Kier alpha value is -0.550. The summed E-state index contributed by atoms with van der Waals surface area (Å²) in [5.74, 6) is 1.42. The third-order valence-corrected chi connectivity index (χ3v) is 4.42. The lowest BCUT2D eigenvalue weighted by molar-refractivity contribution is 0.472. The van der Waals surface area contributed by atoms with Crippen LogP contribution in [0.4, 0.5) is 0 Å². The molecule has 1 atom stereocenters. The first-order valence-corrected chi connectivity index (χ1v) is 8.63. The summed E-state index contributed by atoms with van der Waals surface area (Å²) in [6.07, 6.45) is 1.68. The van der Waals surface area contributed by atoms with Crippen LogP contribution in [0.5, 0.6) is 11.5 Å². The Bertz CT molecular complexity index is 634. The minimum absolute atomic E-state index is 0.113. The molecule has 2 N–H and O–H groups in total. The highest BCUT2D eigenvalue weighted by Crippen LogP contribution is 2.34. The van der Waals surface area contributed by atoms with E-state index in [2.05, 4.69) is 38.8 Å². The number of rotatable bonds is 5. The third-order valence-electron chi connectivity index (χ3n) is 3.14. The summed E-state index contributed by atoms with van der Waals surface area (Å²) in [7, 11) is 0. The van der Waals surface area contributed by atoms with Crippen LogP contribution in [-0.4, -0.2) is 6.04 Å². The van der Waals surface area contributed by atoms with E-state index in [1.165, 1.54) is 0 Å². The van der Waals surface area contributed by atoms with Gasteiger partial charge in [-0.2, -0.15) is 0 Å². The van der Waals surface area contributed by atoms with Crippen LogP contribution < -0.4 is 10.5 Å². The van der Waals surface area contributed by atoms with E-state index < -0.39 is 0 Å². The summed E-state index contributed by atoms with van der Waals surface area (Å²) in [4.78, 5) is 0. The zero-order chi connectivity index (χ0) is 15.4. The topological polar surface area (TPSA) is 35.2 Å². The van der Waals surface area contributed by atoms with Crippen molar-refractivity contribution < 1.29 is 4.74 Å². The van der Waals surface area contributed by atoms with Crippen LogP contribution in [0.25, 0.3) is 0 Å². The highest BCUT2D eigenvalue weighted by atomic mass is 79.9. The standard InChI is InChI=1S/C16H16Br2ClNO/c1-2-13(20)8-10-7-11(17)3-5-15(10)21-16-6-4-12(18)9-14(16)19/h3-7,9,13H,2,8,20H2,1H3. The Morgan fingerprint density at radius 3 is 2.33 bits per heavy atom. The number of hydrogen-bond donors (Lipinski definition) is 1. The van der Waals surface area contributed by atoms with E-state index in [0.717, 1.165) is 33.1 Å². The second-order valence-corrected chi connectivity index (χ2v) is 7.04. The molecule has 21 heavy (non-hydrogen) atoms. The Labute approximate surface area is 146 Å². The smallest absolute Gasteiger partial charge is 0.146 e. The van der Waals surface area contributed by atoms with Crippen LogP contribution in [0.2, 0.25) is 5.02 Å². The molecule has 0 bridgehead atoms. The van der Waals surface area contributed by atoms with E-state index in [4.69, 9.17) is 22.1 Å². The van der Waals surface area contributed by atoms with Crippen LogP contribution in [0.1, 0.15) is 18.9 Å². The van der Waals surface area contributed by atoms with Crippen molar-refractivity contribution in [2.75, 3.05) is 0 Å². The van der Waals surface area contributed by atoms with Gasteiger partial charge in [0, 0.05) is 15.0 Å². The Balaban J connectivity index is 2.30. The van der Waals surface area contributed by atoms with Gasteiger partial charge in [-0.05, 0) is 54.8 Å². The predicted octanol–water partition coefficient (Wildman–Crippen LogP) is 5.94. The molecule has 0 spiro atoms. The maximum atomic E-state index is 6.21. The molecule has 0 saturated heterocycles. The summed E-state index contributed by atoms with van der Waals surface area (Å²) in [6, 6.07) is 11.6. The molecule has 112 valence electrons. The highest BCUT2D eigenvalue weighted by molar-refractivity contribution is 9.10. The van der Waals surface area contributed by atoms with E-state index in [9.17, 15) is 0 Å². The average Bonchev–Trinajstić information content (AvgIpc) is 2.44. The van der Waals surface area contributed by atoms with Gasteiger partial charge >= 0.3 is 0 Å². The number of halogens is 3. The van der Waals surface area contributed by atoms with Crippen LogP contribution in [0, 0.1) is 0 Å². The number of ether oxygens (including phenoxy) is 1. The van der Waals surface area contributed by atoms with E-state index in [-0.39, 0.29) is 6.04 Å². The molecule has 2 rings (SSSR count). The fourth-order valence-corrected chi connectivity index (χ4v) is 3.03. The van der Waals surface area contributed by atoms with Crippen molar-refractivity contribution in [2.24, 2.45) is 5.73 Å². The minimum Gasteiger partial charge on any atom is -0.456 e. The van der Waals surface area contributed by atoms with Gasteiger partial charge in [0.1, 0.15) is 11.5 Å². The molecule has 2 nitrogen and oxygen atoms in total. The quantitative estimate of drug-likeness (QED) is 0.634. The van der Waals surface area contributed by atoms with Crippen LogP contribution in [-0.2, 0) is 6.42 Å². The van der Waals surface area contributed by atoms with E-state index >= 15 is 0 Å². The van der Waals surface area contributed by atoms with Crippen LogP contribution in [0.15, 0.2) is 45.3 Å². The van der Waals surface area contributed by atoms with Gasteiger partial charge in [-0.25, -0.2) is 0 Å². The molecule has 0 aliphatic heterocycles. The van der Waals surface area contributed by atoms with Crippen molar-refractivity contribution in [2.45, 2.75) is 25.8 Å². The lowest BCUT2D eigenvalue weighted by Gasteiger charge is -2.15. The highest BCUT2D eigenvalue weighted by Gasteiger charge is 2.11. The minimum atomic E-state index is 0.113. The van der Waals surface area contributed by atoms with Crippen LogP contribution >= 0.6 is 43.5 Å². The average molecular weight is 434 g/mol. The van der Waals surface area contributed by atoms with Crippen molar-refractivity contribution in [1.82, 2.24) is 0 Å². The molecular formula is C16H16Br2ClNO. The number of nitrogens with two attached hydrogens (primary N) is 1.